The maximum absolute atomic E-state index is 6.74. The van der Waals surface area contributed by atoms with E-state index in [2.05, 4.69) is 197 Å². The maximum Gasteiger partial charge on any atom is 0.178 e. The van der Waals surface area contributed by atoms with E-state index in [0.717, 1.165) is 55.4 Å². The molecular formula is C55H33N3O. The van der Waals surface area contributed by atoms with Crippen molar-refractivity contribution in [2.24, 2.45) is 0 Å². The zero-order chi connectivity index (χ0) is 38.6. The lowest BCUT2D eigenvalue weighted by molar-refractivity contribution is 0.666. The molecule has 4 heteroatoms. The Labute approximate surface area is 338 Å². The molecule has 4 nitrogen and oxygen atoms in total. The molecule has 0 fully saturated rings. The van der Waals surface area contributed by atoms with E-state index in [1.807, 2.05) is 12.1 Å². The maximum atomic E-state index is 6.74. The SMILES string of the molecule is c1ccc(-c2ccc(-n3c4ccccc4c4cc(-c5ccc6c(c5)c5c7ccccc7ccc5n6-c5c6ccccc6nc6c5oc5ccccc56)ccc43)cc2)cc1. The average molecular weight is 752 g/mol. The van der Waals surface area contributed by atoms with E-state index in [9.17, 15) is 0 Å². The van der Waals surface area contributed by atoms with Gasteiger partial charge in [-0.2, -0.15) is 0 Å². The zero-order valence-electron chi connectivity index (χ0n) is 31.8. The van der Waals surface area contributed by atoms with Crippen LogP contribution in [0, 0.1) is 0 Å². The molecule has 0 spiro atoms. The largest absolute Gasteiger partial charge is 0.452 e. The highest BCUT2D eigenvalue weighted by molar-refractivity contribution is 6.24. The first-order valence-electron chi connectivity index (χ1n) is 20.1. The summed E-state index contributed by atoms with van der Waals surface area (Å²) in [7, 11) is 0. The first kappa shape index (κ1) is 32.2. The number of rotatable bonds is 4. The molecule has 4 aromatic heterocycles. The topological polar surface area (TPSA) is 35.9 Å². The fourth-order valence-electron chi connectivity index (χ4n) is 9.61. The van der Waals surface area contributed by atoms with Crippen LogP contribution in [0.1, 0.15) is 0 Å². The Morgan fingerprint density at radius 2 is 0.966 bits per heavy atom. The fourth-order valence-corrected chi connectivity index (χ4v) is 9.61. The molecule has 0 saturated heterocycles. The van der Waals surface area contributed by atoms with E-state index in [-0.39, 0.29) is 0 Å². The molecule has 0 atom stereocenters. The van der Waals surface area contributed by atoms with Crippen molar-refractivity contribution >= 4 is 87.4 Å². The third-order valence-corrected chi connectivity index (χ3v) is 12.3. The van der Waals surface area contributed by atoms with Gasteiger partial charge in [0.15, 0.2) is 5.58 Å². The number of fused-ring (bicyclic) bond motifs is 12. The predicted octanol–water partition coefficient (Wildman–Crippen LogP) is 14.8. The van der Waals surface area contributed by atoms with Gasteiger partial charge in [-0.3, -0.25) is 0 Å². The van der Waals surface area contributed by atoms with Crippen molar-refractivity contribution in [1.29, 1.82) is 0 Å². The van der Waals surface area contributed by atoms with Gasteiger partial charge < -0.3 is 13.6 Å². The Morgan fingerprint density at radius 3 is 1.80 bits per heavy atom. The molecule has 0 saturated carbocycles. The third-order valence-electron chi connectivity index (χ3n) is 12.3. The summed E-state index contributed by atoms with van der Waals surface area (Å²) in [6, 6.07) is 72.1. The van der Waals surface area contributed by atoms with Gasteiger partial charge in [0.2, 0.25) is 0 Å². The normalized spacial score (nSPS) is 12.1. The van der Waals surface area contributed by atoms with E-state index in [1.54, 1.807) is 0 Å². The van der Waals surface area contributed by atoms with Crippen molar-refractivity contribution in [2.75, 3.05) is 0 Å². The molecule has 0 aliphatic heterocycles. The third kappa shape index (κ3) is 4.69. The Balaban J connectivity index is 1.05. The van der Waals surface area contributed by atoms with Crippen LogP contribution in [0.5, 0.6) is 0 Å². The summed E-state index contributed by atoms with van der Waals surface area (Å²) in [6.45, 7) is 0. The summed E-state index contributed by atoms with van der Waals surface area (Å²) < 4.78 is 11.5. The molecule has 0 aliphatic carbocycles. The van der Waals surface area contributed by atoms with Crippen LogP contribution in [0.2, 0.25) is 0 Å². The minimum Gasteiger partial charge on any atom is -0.452 e. The first-order chi connectivity index (χ1) is 29.3. The smallest absolute Gasteiger partial charge is 0.178 e. The minimum absolute atomic E-state index is 0.789. The monoisotopic (exact) mass is 751 g/mol. The summed E-state index contributed by atoms with van der Waals surface area (Å²) in [5.74, 6) is 0. The van der Waals surface area contributed by atoms with Crippen LogP contribution < -0.4 is 0 Å². The number of hydrogen-bond donors (Lipinski definition) is 0. The van der Waals surface area contributed by atoms with Crippen molar-refractivity contribution < 1.29 is 4.42 Å². The fraction of sp³-hybridized carbons (Fsp3) is 0. The van der Waals surface area contributed by atoms with Crippen molar-refractivity contribution in [3.05, 3.63) is 200 Å². The molecule has 9 aromatic carbocycles. The Kier molecular flexibility index (Phi) is 6.69. The van der Waals surface area contributed by atoms with Gasteiger partial charge in [-0.15, -0.1) is 0 Å². The highest BCUT2D eigenvalue weighted by Crippen LogP contribution is 2.44. The summed E-state index contributed by atoms with van der Waals surface area (Å²) in [4.78, 5) is 5.18. The Hall–Kier alpha value is -7.95. The molecule has 4 heterocycles. The highest BCUT2D eigenvalue weighted by atomic mass is 16.3. The molecule has 0 bridgehead atoms. The van der Waals surface area contributed by atoms with Gasteiger partial charge in [-0.25, -0.2) is 4.98 Å². The highest BCUT2D eigenvalue weighted by Gasteiger charge is 2.23. The van der Waals surface area contributed by atoms with E-state index in [1.165, 1.54) is 65.6 Å². The molecule has 0 unspecified atom stereocenters. The van der Waals surface area contributed by atoms with Crippen LogP contribution in [0.15, 0.2) is 205 Å². The first-order valence-corrected chi connectivity index (χ1v) is 20.1. The number of hydrogen-bond acceptors (Lipinski definition) is 2. The second kappa shape index (κ2) is 12.3. The van der Waals surface area contributed by atoms with Crippen LogP contribution in [0.3, 0.4) is 0 Å². The average Bonchev–Trinajstić information content (AvgIpc) is 3.96. The molecule has 0 amide bonds. The molecule has 274 valence electrons. The van der Waals surface area contributed by atoms with E-state index in [0.29, 0.717) is 0 Å². The van der Waals surface area contributed by atoms with Gasteiger partial charge in [0.25, 0.3) is 0 Å². The van der Waals surface area contributed by atoms with Gasteiger partial charge in [-0.1, -0.05) is 133 Å². The van der Waals surface area contributed by atoms with Gasteiger partial charge in [0.05, 0.1) is 27.6 Å². The van der Waals surface area contributed by atoms with Gasteiger partial charge in [-0.05, 0) is 99.8 Å². The number of para-hydroxylation sites is 3. The van der Waals surface area contributed by atoms with Crippen molar-refractivity contribution in [3.63, 3.8) is 0 Å². The van der Waals surface area contributed by atoms with Crippen LogP contribution in [0.25, 0.3) is 121 Å². The van der Waals surface area contributed by atoms with E-state index >= 15 is 0 Å². The van der Waals surface area contributed by atoms with Gasteiger partial charge in [0.1, 0.15) is 16.8 Å². The standard InChI is InChI=1S/C55H33N3O/c1-2-12-34(13-3-1)35-22-27-39(28-23-35)57-47-20-10-7-16-41(47)44-32-37(25-29-48(44)57)38-26-30-49-45(33-38)52-40-15-5-4-14-36(40)24-31-50(52)58(49)54-42-17-6-9-19-46(42)56-53-43-18-8-11-21-51(43)59-55(53)54/h1-33H. The molecule has 0 radical (unpaired) electrons. The predicted molar refractivity (Wildman–Crippen MR) is 246 cm³/mol. The summed E-state index contributed by atoms with van der Waals surface area (Å²) >= 11 is 0. The molecule has 13 aromatic rings. The number of aromatic nitrogens is 3. The molecule has 13 rings (SSSR count). The molecule has 0 N–H and O–H groups in total. The van der Waals surface area contributed by atoms with Crippen LogP contribution in [-0.4, -0.2) is 14.1 Å². The van der Waals surface area contributed by atoms with Crippen molar-refractivity contribution in [3.8, 4) is 33.6 Å². The van der Waals surface area contributed by atoms with Crippen molar-refractivity contribution in [1.82, 2.24) is 14.1 Å². The zero-order valence-corrected chi connectivity index (χ0v) is 31.8. The molecule has 0 aliphatic rings. The van der Waals surface area contributed by atoms with E-state index in [4.69, 9.17) is 9.40 Å². The summed E-state index contributed by atoms with van der Waals surface area (Å²) in [5, 5.41) is 9.39. The minimum atomic E-state index is 0.789. The summed E-state index contributed by atoms with van der Waals surface area (Å²) in [6.07, 6.45) is 0. The van der Waals surface area contributed by atoms with E-state index < -0.39 is 0 Å². The quantitative estimate of drug-likeness (QED) is 0.180. The molecular weight excluding hydrogens is 719 g/mol. The van der Waals surface area contributed by atoms with Crippen LogP contribution >= 0.6 is 0 Å². The number of pyridine rings is 1. The summed E-state index contributed by atoms with van der Waals surface area (Å²) in [5.41, 5.74) is 15.0. The number of nitrogens with zero attached hydrogens (tertiary/aromatic N) is 3. The van der Waals surface area contributed by atoms with Gasteiger partial charge >= 0.3 is 0 Å². The lowest BCUT2D eigenvalue weighted by atomic mass is 9.99. The number of benzene rings is 9. The van der Waals surface area contributed by atoms with Crippen molar-refractivity contribution in [2.45, 2.75) is 0 Å². The van der Waals surface area contributed by atoms with Crippen LogP contribution in [-0.2, 0) is 0 Å². The second-order valence-electron chi connectivity index (χ2n) is 15.5. The second-order valence-corrected chi connectivity index (χ2v) is 15.5. The lowest BCUT2D eigenvalue weighted by Crippen LogP contribution is -1.98. The lowest BCUT2D eigenvalue weighted by Gasteiger charge is -2.12. The van der Waals surface area contributed by atoms with Gasteiger partial charge in [0, 0.05) is 38.0 Å². The Bertz CT molecular complexity index is 3830. The molecule has 59 heavy (non-hydrogen) atoms. The Morgan fingerprint density at radius 1 is 0.373 bits per heavy atom. The van der Waals surface area contributed by atoms with Crippen LogP contribution in [0.4, 0.5) is 0 Å². The number of furan rings is 1.